The summed E-state index contributed by atoms with van der Waals surface area (Å²) in [5.41, 5.74) is 1.72. The van der Waals surface area contributed by atoms with Crippen LogP contribution in [0.2, 0.25) is 0 Å². The summed E-state index contributed by atoms with van der Waals surface area (Å²) in [5.74, 6) is -0.413. The van der Waals surface area contributed by atoms with Gasteiger partial charge in [0.1, 0.15) is 11.5 Å². The maximum Gasteiger partial charge on any atom is 0.317 e. The van der Waals surface area contributed by atoms with E-state index in [-0.39, 0.29) is 11.9 Å². The van der Waals surface area contributed by atoms with Crippen molar-refractivity contribution in [3.8, 4) is 0 Å². The molecular weight excluding hydrogens is 200 g/mol. The third-order valence-corrected chi connectivity index (χ3v) is 2.46. The van der Waals surface area contributed by atoms with Gasteiger partial charge >= 0.3 is 5.97 Å². The fraction of sp³-hybridized carbons (Fsp3) is 0.357. The molecule has 0 amide bonds. The normalized spacial score (nSPS) is 18.3. The maximum atomic E-state index is 12.0. The zero-order valence-electron chi connectivity index (χ0n) is 9.86. The number of ether oxygens (including phenoxy) is 1. The van der Waals surface area contributed by atoms with E-state index >= 15 is 0 Å². The minimum atomic E-state index is -0.428. The van der Waals surface area contributed by atoms with Crippen molar-refractivity contribution in [2.75, 3.05) is 0 Å². The number of benzene rings is 1. The third kappa shape index (κ3) is 2.16. The number of carbonyl (C=O) groups is 1. The van der Waals surface area contributed by atoms with Crippen LogP contribution in [0.25, 0.3) is 6.08 Å². The van der Waals surface area contributed by atoms with Gasteiger partial charge in [-0.15, -0.1) is 0 Å². The summed E-state index contributed by atoms with van der Waals surface area (Å²) >= 11 is 0. The van der Waals surface area contributed by atoms with Gasteiger partial charge in [0.2, 0.25) is 0 Å². The smallest absolute Gasteiger partial charge is 0.317 e. The van der Waals surface area contributed by atoms with Crippen LogP contribution in [0.15, 0.2) is 30.3 Å². The van der Waals surface area contributed by atoms with Gasteiger partial charge in [0.05, 0.1) is 0 Å². The van der Waals surface area contributed by atoms with Crippen molar-refractivity contribution in [2.45, 2.75) is 32.3 Å². The number of hydrogen-bond donors (Lipinski definition) is 0. The molecule has 1 aromatic carbocycles. The van der Waals surface area contributed by atoms with Crippen molar-refractivity contribution >= 4 is 12.0 Å². The number of esters is 1. The van der Waals surface area contributed by atoms with Crippen LogP contribution in [0.3, 0.4) is 0 Å². The largest absolute Gasteiger partial charge is 0.459 e. The second-order valence-corrected chi connectivity index (χ2v) is 5.00. The van der Waals surface area contributed by atoms with Gasteiger partial charge in [0.25, 0.3) is 0 Å². The van der Waals surface area contributed by atoms with Crippen LogP contribution in [0.5, 0.6) is 0 Å². The fourth-order valence-corrected chi connectivity index (χ4v) is 1.82. The molecule has 0 N–H and O–H groups in total. The summed E-state index contributed by atoms with van der Waals surface area (Å²) in [6, 6.07) is 7.91. The standard InChI is InChI=1S/C14H16O2/c1-14(2,3)16-13(15)12-9-8-10-6-4-5-7-11(10)12/h4-9,12H,1-3H3. The molecule has 0 saturated heterocycles. The topological polar surface area (TPSA) is 26.3 Å². The highest BCUT2D eigenvalue weighted by atomic mass is 16.6. The first-order valence-corrected chi connectivity index (χ1v) is 5.47. The average molecular weight is 216 g/mol. The predicted molar refractivity (Wildman–Crippen MR) is 64.1 cm³/mol. The monoisotopic (exact) mass is 216 g/mol. The molecule has 0 bridgehead atoms. The minimum absolute atomic E-state index is 0.172. The predicted octanol–water partition coefficient (Wildman–Crippen LogP) is 3.14. The van der Waals surface area contributed by atoms with Gasteiger partial charge in [0, 0.05) is 0 Å². The second kappa shape index (κ2) is 3.78. The molecule has 84 valence electrons. The van der Waals surface area contributed by atoms with Crippen LogP contribution >= 0.6 is 0 Å². The molecule has 1 atom stereocenters. The maximum absolute atomic E-state index is 12.0. The molecule has 0 heterocycles. The Balaban J connectivity index is 2.20. The van der Waals surface area contributed by atoms with Crippen LogP contribution in [0.1, 0.15) is 37.8 Å². The molecule has 0 radical (unpaired) electrons. The summed E-state index contributed by atoms with van der Waals surface area (Å²) in [7, 11) is 0. The molecule has 1 unspecified atom stereocenters. The van der Waals surface area contributed by atoms with E-state index in [1.54, 1.807) is 0 Å². The van der Waals surface area contributed by atoms with Crippen LogP contribution in [-0.4, -0.2) is 11.6 Å². The van der Waals surface area contributed by atoms with Gasteiger partial charge in [-0.1, -0.05) is 36.4 Å². The Labute approximate surface area is 95.9 Å². The first-order valence-electron chi connectivity index (χ1n) is 5.47. The van der Waals surface area contributed by atoms with Gasteiger partial charge < -0.3 is 4.74 Å². The Kier molecular flexibility index (Phi) is 2.58. The molecule has 0 saturated carbocycles. The summed E-state index contributed by atoms with van der Waals surface area (Å²) < 4.78 is 5.39. The lowest BCUT2D eigenvalue weighted by molar-refractivity contribution is -0.155. The van der Waals surface area contributed by atoms with E-state index in [1.165, 1.54) is 0 Å². The molecule has 2 heteroatoms. The number of rotatable bonds is 1. The SMILES string of the molecule is CC(C)(C)OC(=O)C1C=Cc2ccccc21. The van der Waals surface area contributed by atoms with Crippen LogP contribution in [0, 0.1) is 0 Å². The Morgan fingerprint density at radius 1 is 1.25 bits per heavy atom. The molecular formula is C14H16O2. The van der Waals surface area contributed by atoms with Crippen molar-refractivity contribution in [3.63, 3.8) is 0 Å². The van der Waals surface area contributed by atoms with Crippen molar-refractivity contribution in [1.29, 1.82) is 0 Å². The van der Waals surface area contributed by atoms with Gasteiger partial charge in [-0.05, 0) is 31.9 Å². The van der Waals surface area contributed by atoms with Gasteiger partial charge in [-0.2, -0.15) is 0 Å². The van der Waals surface area contributed by atoms with Crippen LogP contribution in [0.4, 0.5) is 0 Å². The highest BCUT2D eigenvalue weighted by molar-refractivity contribution is 5.86. The Bertz CT molecular complexity index is 438. The van der Waals surface area contributed by atoms with Crippen molar-refractivity contribution < 1.29 is 9.53 Å². The van der Waals surface area contributed by atoms with E-state index in [1.807, 2.05) is 57.2 Å². The molecule has 1 aliphatic carbocycles. The lowest BCUT2D eigenvalue weighted by atomic mass is 10.0. The Morgan fingerprint density at radius 2 is 1.94 bits per heavy atom. The molecule has 2 rings (SSSR count). The lowest BCUT2D eigenvalue weighted by Gasteiger charge is -2.22. The summed E-state index contributed by atoms with van der Waals surface area (Å²) in [5, 5.41) is 0. The molecule has 0 aliphatic heterocycles. The Morgan fingerprint density at radius 3 is 2.62 bits per heavy atom. The molecule has 0 aromatic heterocycles. The van der Waals surface area contributed by atoms with Crippen LogP contribution in [-0.2, 0) is 9.53 Å². The number of fused-ring (bicyclic) bond motifs is 1. The Hall–Kier alpha value is -1.57. The number of hydrogen-bond acceptors (Lipinski definition) is 2. The third-order valence-electron chi connectivity index (χ3n) is 2.46. The van der Waals surface area contributed by atoms with Crippen molar-refractivity contribution in [2.24, 2.45) is 0 Å². The summed E-state index contributed by atoms with van der Waals surface area (Å²) in [6.07, 6.45) is 3.88. The molecule has 1 aromatic rings. The van der Waals surface area contributed by atoms with Gasteiger partial charge in [0.15, 0.2) is 0 Å². The molecule has 2 nitrogen and oxygen atoms in total. The highest BCUT2D eigenvalue weighted by Gasteiger charge is 2.28. The van der Waals surface area contributed by atoms with E-state index < -0.39 is 5.60 Å². The fourth-order valence-electron chi connectivity index (χ4n) is 1.82. The van der Waals surface area contributed by atoms with Gasteiger partial charge in [-0.25, -0.2) is 0 Å². The first-order chi connectivity index (χ1) is 7.47. The molecule has 1 aliphatic rings. The van der Waals surface area contributed by atoms with E-state index in [0.29, 0.717) is 0 Å². The lowest BCUT2D eigenvalue weighted by Crippen LogP contribution is -2.26. The molecule has 0 spiro atoms. The average Bonchev–Trinajstić information content (AvgIpc) is 2.58. The zero-order valence-corrected chi connectivity index (χ0v) is 9.86. The second-order valence-electron chi connectivity index (χ2n) is 5.00. The van der Waals surface area contributed by atoms with Crippen LogP contribution < -0.4 is 0 Å². The highest BCUT2D eigenvalue weighted by Crippen LogP contribution is 2.31. The van der Waals surface area contributed by atoms with Crippen molar-refractivity contribution in [3.05, 3.63) is 41.5 Å². The molecule has 16 heavy (non-hydrogen) atoms. The molecule has 0 fully saturated rings. The first kappa shape index (κ1) is 10.9. The number of carbonyl (C=O) groups excluding carboxylic acids is 1. The minimum Gasteiger partial charge on any atom is -0.459 e. The van der Waals surface area contributed by atoms with E-state index in [0.717, 1.165) is 11.1 Å². The van der Waals surface area contributed by atoms with E-state index in [4.69, 9.17) is 4.74 Å². The summed E-state index contributed by atoms with van der Waals surface area (Å²) in [4.78, 5) is 12.0. The van der Waals surface area contributed by atoms with Crippen molar-refractivity contribution in [1.82, 2.24) is 0 Å². The zero-order chi connectivity index (χ0) is 11.8. The van der Waals surface area contributed by atoms with Gasteiger partial charge in [-0.3, -0.25) is 4.79 Å². The van der Waals surface area contributed by atoms with E-state index in [9.17, 15) is 4.79 Å². The van der Waals surface area contributed by atoms with E-state index in [2.05, 4.69) is 0 Å². The quantitative estimate of drug-likeness (QED) is 0.674. The summed E-state index contributed by atoms with van der Waals surface area (Å²) in [6.45, 7) is 5.65.